The number of hydrogen-bond acceptors (Lipinski definition) is 1. The van der Waals surface area contributed by atoms with Gasteiger partial charge in [-0.05, 0) is 18.9 Å². The van der Waals surface area contributed by atoms with Crippen LogP contribution in [0.5, 0.6) is 0 Å². The lowest BCUT2D eigenvalue weighted by molar-refractivity contribution is 0.801. The fourth-order valence-electron chi connectivity index (χ4n) is 1.63. The molecule has 0 spiro atoms. The van der Waals surface area contributed by atoms with Gasteiger partial charge < -0.3 is 4.57 Å². The maximum Gasteiger partial charge on any atom is 0.108 e. The maximum absolute atomic E-state index is 4.61. The Hall–Kier alpha value is -1.05. The topological polar surface area (TPSA) is 17.8 Å². The van der Waals surface area contributed by atoms with E-state index < -0.39 is 0 Å². The molecule has 0 unspecified atom stereocenters. The van der Waals surface area contributed by atoms with E-state index in [0.29, 0.717) is 0 Å². The minimum atomic E-state index is 1.00. The molecule has 0 amide bonds. The molecule has 0 saturated heterocycles. The van der Waals surface area contributed by atoms with Gasteiger partial charge in [0.05, 0.1) is 11.4 Å². The average molecular weight is 192 g/mol. The van der Waals surface area contributed by atoms with E-state index in [4.69, 9.17) is 0 Å². The van der Waals surface area contributed by atoms with Crippen molar-refractivity contribution >= 4 is 6.08 Å². The number of hydrogen-bond donors (Lipinski definition) is 0. The molecule has 14 heavy (non-hydrogen) atoms. The average Bonchev–Trinajstić information content (AvgIpc) is 2.52. The van der Waals surface area contributed by atoms with Crippen LogP contribution in [0.3, 0.4) is 0 Å². The minimum absolute atomic E-state index is 1.00. The van der Waals surface area contributed by atoms with Crippen molar-refractivity contribution in [2.24, 2.45) is 7.05 Å². The highest BCUT2D eigenvalue weighted by molar-refractivity contribution is 5.48. The van der Waals surface area contributed by atoms with Gasteiger partial charge in [-0.1, -0.05) is 26.8 Å². The Bertz CT molecular complexity index is 321. The second-order valence-corrected chi connectivity index (χ2v) is 3.44. The molecule has 2 heteroatoms. The normalized spacial score (nSPS) is 11.4. The van der Waals surface area contributed by atoms with Crippen LogP contribution in [0.4, 0.5) is 0 Å². The predicted octanol–water partition coefficient (Wildman–Crippen LogP) is 2.97. The first-order valence-electron chi connectivity index (χ1n) is 5.45. The summed E-state index contributed by atoms with van der Waals surface area (Å²) in [4.78, 5) is 4.61. The zero-order valence-corrected chi connectivity index (χ0v) is 9.67. The number of aryl methyl sites for hydroxylation is 2. The highest BCUT2D eigenvalue weighted by atomic mass is 15.1. The van der Waals surface area contributed by atoms with Crippen molar-refractivity contribution < 1.29 is 0 Å². The first kappa shape index (κ1) is 11.0. The van der Waals surface area contributed by atoms with Gasteiger partial charge in [-0.2, -0.15) is 0 Å². The third-order valence-corrected chi connectivity index (χ3v) is 2.47. The van der Waals surface area contributed by atoms with Crippen LogP contribution in [-0.4, -0.2) is 9.55 Å². The van der Waals surface area contributed by atoms with Crippen molar-refractivity contribution in [3.05, 3.63) is 23.3 Å². The zero-order chi connectivity index (χ0) is 10.6. The van der Waals surface area contributed by atoms with Crippen molar-refractivity contribution in [3.63, 3.8) is 0 Å². The second kappa shape index (κ2) is 4.99. The molecule has 0 aliphatic heterocycles. The van der Waals surface area contributed by atoms with E-state index in [1.54, 1.807) is 0 Å². The Morgan fingerprint density at radius 1 is 1.21 bits per heavy atom. The molecule has 0 atom stereocenters. The van der Waals surface area contributed by atoms with Gasteiger partial charge in [0.15, 0.2) is 0 Å². The Kier molecular flexibility index (Phi) is 3.93. The fourth-order valence-corrected chi connectivity index (χ4v) is 1.63. The highest BCUT2D eigenvalue weighted by Crippen LogP contribution is 2.13. The first-order chi connectivity index (χ1) is 6.74. The molecule has 78 valence electrons. The van der Waals surface area contributed by atoms with Crippen LogP contribution in [0.1, 0.15) is 44.4 Å². The van der Waals surface area contributed by atoms with Gasteiger partial charge in [0.1, 0.15) is 5.82 Å². The summed E-state index contributed by atoms with van der Waals surface area (Å²) < 4.78 is 2.20. The summed E-state index contributed by atoms with van der Waals surface area (Å²) in [7, 11) is 2.10. The maximum atomic E-state index is 4.61. The quantitative estimate of drug-likeness (QED) is 0.717. The molecule has 0 aliphatic rings. The molecule has 1 rings (SSSR count). The second-order valence-electron chi connectivity index (χ2n) is 3.44. The number of nitrogens with zero attached hydrogens (tertiary/aromatic N) is 2. The van der Waals surface area contributed by atoms with Gasteiger partial charge in [-0.3, -0.25) is 0 Å². The summed E-state index contributed by atoms with van der Waals surface area (Å²) in [5.74, 6) is 1.18. The number of rotatable bonds is 4. The van der Waals surface area contributed by atoms with Gasteiger partial charge in [-0.25, -0.2) is 4.98 Å². The monoisotopic (exact) mass is 192 g/mol. The van der Waals surface area contributed by atoms with Crippen LogP contribution in [0.15, 0.2) is 6.08 Å². The molecule has 0 bridgehead atoms. The molecule has 0 fully saturated rings. The van der Waals surface area contributed by atoms with Gasteiger partial charge in [0, 0.05) is 13.5 Å². The predicted molar refractivity (Wildman–Crippen MR) is 61.3 cm³/mol. The molecular weight excluding hydrogens is 172 g/mol. The summed E-state index contributed by atoms with van der Waals surface area (Å²) in [6, 6.07) is 0. The van der Waals surface area contributed by atoms with Crippen molar-refractivity contribution in [2.45, 2.75) is 40.0 Å². The van der Waals surface area contributed by atoms with Crippen LogP contribution in [0.25, 0.3) is 6.08 Å². The van der Waals surface area contributed by atoms with Crippen molar-refractivity contribution in [3.8, 4) is 0 Å². The van der Waals surface area contributed by atoms with E-state index in [1.165, 1.54) is 17.2 Å². The number of allylic oxidation sites excluding steroid dienone is 1. The number of imidazole rings is 1. The van der Waals surface area contributed by atoms with Crippen LogP contribution < -0.4 is 0 Å². The standard InChI is InChI=1S/C12H20N2/c1-5-8-9-11-10(6-2)13-12(7-3)14(11)4/h8-9H,5-7H2,1-4H3/b9-8-. The van der Waals surface area contributed by atoms with E-state index >= 15 is 0 Å². The van der Waals surface area contributed by atoms with Crippen LogP contribution in [-0.2, 0) is 19.9 Å². The molecule has 1 aromatic heterocycles. The third kappa shape index (κ3) is 2.06. The molecule has 1 aromatic rings. The largest absolute Gasteiger partial charge is 0.331 e. The summed E-state index contributed by atoms with van der Waals surface area (Å²) in [5.41, 5.74) is 2.49. The lowest BCUT2D eigenvalue weighted by atomic mass is 10.2. The summed E-state index contributed by atoms with van der Waals surface area (Å²) in [6.07, 6.45) is 7.47. The van der Waals surface area contributed by atoms with Crippen LogP contribution in [0.2, 0.25) is 0 Å². The Morgan fingerprint density at radius 2 is 1.93 bits per heavy atom. The summed E-state index contributed by atoms with van der Waals surface area (Å²) >= 11 is 0. The van der Waals surface area contributed by atoms with E-state index in [1.807, 2.05) is 0 Å². The molecule has 0 aliphatic carbocycles. The van der Waals surface area contributed by atoms with Crippen LogP contribution in [0, 0.1) is 0 Å². The zero-order valence-electron chi connectivity index (χ0n) is 9.67. The van der Waals surface area contributed by atoms with Gasteiger partial charge in [0.25, 0.3) is 0 Å². The van der Waals surface area contributed by atoms with E-state index in [2.05, 4.69) is 49.5 Å². The molecule has 0 N–H and O–H groups in total. The van der Waals surface area contributed by atoms with Crippen molar-refractivity contribution in [2.75, 3.05) is 0 Å². The van der Waals surface area contributed by atoms with E-state index in [0.717, 1.165) is 19.3 Å². The summed E-state index contributed by atoms with van der Waals surface area (Å²) in [6.45, 7) is 6.46. The van der Waals surface area contributed by atoms with Crippen molar-refractivity contribution in [1.82, 2.24) is 9.55 Å². The van der Waals surface area contributed by atoms with Gasteiger partial charge in [-0.15, -0.1) is 0 Å². The van der Waals surface area contributed by atoms with Gasteiger partial charge >= 0.3 is 0 Å². The smallest absolute Gasteiger partial charge is 0.108 e. The molecule has 1 heterocycles. The molecule has 0 aromatic carbocycles. The molecule has 0 saturated carbocycles. The molecule has 2 nitrogen and oxygen atoms in total. The minimum Gasteiger partial charge on any atom is -0.331 e. The van der Waals surface area contributed by atoms with Gasteiger partial charge in [0.2, 0.25) is 0 Å². The lowest BCUT2D eigenvalue weighted by Crippen LogP contribution is -1.97. The number of aromatic nitrogens is 2. The summed E-state index contributed by atoms with van der Waals surface area (Å²) in [5, 5.41) is 0. The Morgan fingerprint density at radius 3 is 2.43 bits per heavy atom. The van der Waals surface area contributed by atoms with E-state index in [9.17, 15) is 0 Å². The Labute approximate surface area is 86.7 Å². The first-order valence-corrected chi connectivity index (χ1v) is 5.45. The fraction of sp³-hybridized carbons (Fsp3) is 0.583. The molecular formula is C12H20N2. The SMILES string of the molecule is CC/C=C\c1c(CC)nc(CC)n1C. The third-order valence-electron chi connectivity index (χ3n) is 2.47. The van der Waals surface area contributed by atoms with Crippen LogP contribution >= 0.6 is 0 Å². The van der Waals surface area contributed by atoms with Crippen molar-refractivity contribution in [1.29, 1.82) is 0 Å². The highest BCUT2D eigenvalue weighted by Gasteiger charge is 2.08. The Balaban J connectivity index is 3.10. The lowest BCUT2D eigenvalue weighted by Gasteiger charge is -2.00. The molecule has 0 radical (unpaired) electrons. The van der Waals surface area contributed by atoms with E-state index in [-0.39, 0.29) is 0 Å².